The van der Waals surface area contributed by atoms with Crippen molar-refractivity contribution in [2.75, 3.05) is 0 Å². The average Bonchev–Trinajstić information content (AvgIpc) is 2.16. The van der Waals surface area contributed by atoms with Crippen LogP contribution in [-0.4, -0.2) is 0 Å². The van der Waals surface area contributed by atoms with Crippen LogP contribution in [0.15, 0.2) is 30.3 Å². The van der Waals surface area contributed by atoms with Crippen molar-refractivity contribution in [2.45, 2.75) is 54.4 Å². The predicted octanol–water partition coefficient (Wildman–Crippen LogP) is 5.57. The monoisotopic (exact) mass is 234 g/mol. The zero-order valence-electron chi connectivity index (χ0n) is 12.5. The molecular weight excluding hydrogens is 204 g/mol. The van der Waals surface area contributed by atoms with Gasteiger partial charge in [0.25, 0.3) is 0 Å². The van der Waals surface area contributed by atoms with E-state index in [-0.39, 0.29) is 0 Å². The maximum absolute atomic E-state index is 2.26. The lowest BCUT2D eigenvalue weighted by Crippen LogP contribution is -1.93. The molecule has 0 N–H and O–H groups in total. The second kappa shape index (κ2) is 9.27. The van der Waals surface area contributed by atoms with Gasteiger partial charge in [0.05, 0.1) is 0 Å². The van der Waals surface area contributed by atoms with Crippen LogP contribution in [-0.2, 0) is 6.42 Å². The van der Waals surface area contributed by atoms with Crippen molar-refractivity contribution in [3.8, 4) is 0 Å². The molecule has 0 fully saturated rings. The van der Waals surface area contributed by atoms with E-state index >= 15 is 0 Å². The Hall–Kier alpha value is -0.780. The molecule has 0 aliphatic carbocycles. The zero-order valence-corrected chi connectivity index (χ0v) is 12.5. The molecule has 17 heavy (non-hydrogen) atoms. The van der Waals surface area contributed by atoms with Crippen molar-refractivity contribution < 1.29 is 0 Å². The van der Waals surface area contributed by atoms with E-state index in [2.05, 4.69) is 71.9 Å². The van der Waals surface area contributed by atoms with Crippen molar-refractivity contribution in [3.63, 3.8) is 0 Å². The molecule has 0 radical (unpaired) electrons. The standard InChI is InChI=1S/C10H14.C7H16/c1-9(2)8-10-6-4-3-5-7-10;1-6(2)5-7(3)4/h3-7,9H,8H2,1-2H3;6-7H,5H2,1-4H3. The summed E-state index contributed by atoms with van der Waals surface area (Å²) in [5, 5.41) is 0. The highest BCUT2D eigenvalue weighted by Crippen LogP contribution is 2.08. The van der Waals surface area contributed by atoms with E-state index in [1.165, 1.54) is 18.4 Å². The van der Waals surface area contributed by atoms with E-state index in [4.69, 9.17) is 0 Å². The van der Waals surface area contributed by atoms with Crippen LogP contribution in [0.3, 0.4) is 0 Å². The number of rotatable bonds is 4. The Labute approximate surface area is 108 Å². The van der Waals surface area contributed by atoms with E-state index in [1.54, 1.807) is 0 Å². The minimum absolute atomic E-state index is 0.766. The largest absolute Gasteiger partial charge is 0.0628 e. The van der Waals surface area contributed by atoms with Gasteiger partial charge in [0.2, 0.25) is 0 Å². The fourth-order valence-electron chi connectivity index (χ4n) is 2.03. The van der Waals surface area contributed by atoms with Crippen LogP contribution in [0, 0.1) is 17.8 Å². The SMILES string of the molecule is CC(C)CC(C)C.CC(C)Cc1ccccc1. The summed E-state index contributed by atoms with van der Waals surface area (Å²) in [4.78, 5) is 0. The van der Waals surface area contributed by atoms with Gasteiger partial charge in [-0.3, -0.25) is 0 Å². The summed E-state index contributed by atoms with van der Waals surface area (Å²) in [7, 11) is 0. The molecule has 1 aromatic rings. The fourth-order valence-corrected chi connectivity index (χ4v) is 2.03. The maximum atomic E-state index is 2.26. The third-order valence-corrected chi connectivity index (χ3v) is 2.43. The summed E-state index contributed by atoms with van der Waals surface area (Å²) < 4.78 is 0. The van der Waals surface area contributed by atoms with Gasteiger partial charge >= 0.3 is 0 Å². The van der Waals surface area contributed by atoms with Crippen molar-refractivity contribution in [1.82, 2.24) is 0 Å². The molecule has 0 unspecified atom stereocenters. The smallest absolute Gasteiger partial charge is 0.0256 e. The highest BCUT2D eigenvalue weighted by molar-refractivity contribution is 5.14. The van der Waals surface area contributed by atoms with E-state index in [0.717, 1.165) is 17.8 Å². The van der Waals surface area contributed by atoms with Crippen molar-refractivity contribution in [2.24, 2.45) is 17.8 Å². The molecular formula is C17H30. The first-order chi connectivity index (χ1) is 7.91. The van der Waals surface area contributed by atoms with Crippen LogP contribution >= 0.6 is 0 Å². The Morgan fingerprint density at radius 1 is 0.706 bits per heavy atom. The van der Waals surface area contributed by atoms with Gasteiger partial charge in [-0.25, -0.2) is 0 Å². The molecule has 0 amide bonds. The quantitative estimate of drug-likeness (QED) is 0.638. The molecule has 0 aromatic heterocycles. The first-order valence-corrected chi connectivity index (χ1v) is 6.95. The molecule has 0 heteroatoms. The van der Waals surface area contributed by atoms with Crippen LogP contribution in [0.4, 0.5) is 0 Å². The molecule has 0 saturated heterocycles. The minimum atomic E-state index is 0.766. The van der Waals surface area contributed by atoms with Gasteiger partial charge in [-0.05, 0) is 36.2 Å². The molecule has 1 rings (SSSR count). The lowest BCUT2D eigenvalue weighted by molar-refractivity contribution is 0.469. The Morgan fingerprint density at radius 3 is 1.47 bits per heavy atom. The Balaban J connectivity index is 0.000000325. The van der Waals surface area contributed by atoms with Gasteiger partial charge < -0.3 is 0 Å². The van der Waals surface area contributed by atoms with Crippen LogP contribution in [0.1, 0.15) is 53.5 Å². The molecule has 0 saturated carbocycles. The summed E-state index contributed by atoms with van der Waals surface area (Å²) in [6, 6.07) is 10.6. The first-order valence-electron chi connectivity index (χ1n) is 6.95. The number of hydrogen-bond acceptors (Lipinski definition) is 0. The van der Waals surface area contributed by atoms with E-state index < -0.39 is 0 Å². The molecule has 0 heterocycles. The molecule has 0 atom stereocenters. The van der Waals surface area contributed by atoms with Gasteiger partial charge in [0, 0.05) is 0 Å². The highest BCUT2D eigenvalue weighted by atomic mass is 14.0. The summed E-state index contributed by atoms with van der Waals surface area (Å²) in [6.07, 6.45) is 2.56. The third kappa shape index (κ3) is 11.5. The normalized spacial score (nSPS) is 10.6. The molecule has 0 bridgehead atoms. The lowest BCUT2D eigenvalue weighted by Gasteiger charge is -2.05. The van der Waals surface area contributed by atoms with Gasteiger partial charge in [0.1, 0.15) is 0 Å². The maximum Gasteiger partial charge on any atom is -0.0256 e. The average molecular weight is 234 g/mol. The van der Waals surface area contributed by atoms with Crippen LogP contribution in [0.2, 0.25) is 0 Å². The minimum Gasteiger partial charge on any atom is -0.0628 e. The van der Waals surface area contributed by atoms with Crippen molar-refractivity contribution >= 4 is 0 Å². The Morgan fingerprint density at radius 2 is 1.18 bits per heavy atom. The van der Waals surface area contributed by atoms with Crippen LogP contribution in [0.25, 0.3) is 0 Å². The zero-order chi connectivity index (χ0) is 13.3. The molecule has 0 aliphatic rings. The van der Waals surface area contributed by atoms with Crippen LogP contribution < -0.4 is 0 Å². The highest BCUT2D eigenvalue weighted by Gasteiger charge is 1.95. The summed E-state index contributed by atoms with van der Waals surface area (Å²) in [6.45, 7) is 13.5. The summed E-state index contributed by atoms with van der Waals surface area (Å²) >= 11 is 0. The van der Waals surface area contributed by atoms with Gasteiger partial charge in [0.15, 0.2) is 0 Å². The molecule has 1 aromatic carbocycles. The van der Waals surface area contributed by atoms with E-state index in [9.17, 15) is 0 Å². The Kier molecular flexibility index (Phi) is 8.85. The molecule has 0 spiro atoms. The van der Waals surface area contributed by atoms with Crippen molar-refractivity contribution in [3.05, 3.63) is 35.9 Å². The first kappa shape index (κ1) is 16.2. The van der Waals surface area contributed by atoms with Gasteiger partial charge in [-0.1, -0.05) is 71.9 Å². The van der Waals surface area contributed by atoms with E-state index in [0.29, 0.717) is 0 Å². The fraction of sp³-hybridized carbons (Fsp3) is 0.647. The molecule has 98 valence electrons. The number of benzene rings is 1. The Bertz CT molecular complexity index is 251. The molecule has 0 nitrogen and oxygen atoms in total. The van der Waals surface area contributed by atoms with Gasteiger partial charge in [-0.2, -0.15) is 0 Å². The lowest BCUT2D eigenvalue weighted by atomic mass is 10.0. The topological polar surface area (TPSA) is 0 Å². The molecule has 0 aliphatic heterocycles. The van der Waals surface area contributed by atoms with Crippen molar-refractivity contribution in [1.29, 1.82) is 0 Å². The predicted molar refractivity (Wildman–Crippen MR) is 79.3 cm³/mol. The second-order valence-corrected chi connectivity index (χ2v) is 6.11. The summed E-state index contributed by atoms with van der Waals surface area (Å²) in [5.74, 6) is 2.52. The van der Waals surface area contributed by atoms with Crippen LogP contribution in [0.5, 0.6) is 0 Å². The third-order valence-electron chi connectivity index (χ3n) is 2.43. The number of hydrogen-bond donors (Lipinski definition) is 0. The van der Waals surface area contributed by atoms with E-state index in [1.807, 2.05) is 0 Å². The summed E-state index contributed by atoms with van der Waals surface area (Å²) in [5.41, 5.74) is 1.44. The van der Waals surface area contributed by atoms with Gasteiger partial charge in [-0.15, -0.1) is 0 Å². The second-order valence-electron chi connectivity index (χ2n) is 6.11.